The van der Waals surface area contributed by atoms with Crippen LogP contribution in [0.1, 0.15) is 46.0 Å². The molecule has 1 aliphatic carbocycles. The zero-order valence-electron chi connectivity index (χ0n) is 10.7. The van der Waals surface area contributed by atoms with E-state index < -0.39 is 5.60 Å². The van der Waals surface area contributed by atoms with E-state index in [4.69, 9.17) is 0 Å². The van der Waals surface area contributed by atoms with E-state index in [9.17, 15) is 5.11 Å². The Morgan fingerprint density at radius 2 is 2.12 bits per heavy atom. The summed E-state index contributed by atoms with van der Waals surface area (Å²) in [6.45, 7) is 7.17. The van der Waals surface area contributed by atoms with Crippen molar-refractivity contribution in [3.05, 3.63) is 0 Å². The SMILES string of the molecule is CCC(C)(O)CN(CC1CCCN1)C1CC1. The summed E-state index contributed by atoms with van der Waals surface area (Å²) in [5, 5.41) is 13.7. The normalized spacial score (nSPS) is 29.6. The number of hydrogen-bond donors (Lipinski definition) is 2. The van der Waals surface area contributed by atoms with Gasteiger partial charge in [0.25, 0.3) is 0 Å². The minimum atomic E-state index is -0.513. The van der Waals surface area contributed by atoms with Crippen LogP contribution < -0.4 is 5.32 Å². The number of aliphatic hydroxyl groups is 1. The van der Waals surface area contributed by atoms with Gasteiger partial charge in [0.1, 0.15) is 0 Å². The van der Waals surface area contributed by atoms with Crippen LogP contribution >= 0.6 is 0 Å². The van der Waals surface area contributed by atoms with Gasteiger partial charge in [-0.05, 0) is 45.6 Å². The van der Waals surface area contributed by atoms with E-state index in [2.05, 4.69) is 17.1 Å². The zero-order chi connectivity index (χ0) is 11.6. The molecule has 1 aliphatic heterocycles. The first-order chi connectivity index (χ1) is 7.61. The van der Waals surface area contributed by atoms with Gasteiger partial charge in [0.2, 0.25) is 0 Å². The standard InChI is InChI=1S/C13H26N2O/c1-3-13(2,16)10-15(12-6-7-12)9-11-5-4-8-14-11/h11-12,14,16H,3-10H2,1-2H3. The van der Waals surface area contributed by atoms with Crippen LogP contribution in [-0.2, 0) is 0 Å². The van der Waals surface area contributed by atoms with Crippen molar-refractivity contribution in [1.82, 2.24) is 10.2 Å². The second-order valence-corrected chi connectivity index (χ2v) is 5.80. The average Bonchev–Trinajstić information content (AvgIpc) is 2.97. The third-order valence-electron chi connectivity index (χ3n) is 3.99. The van der Waals surface area contributed by atoms with Crippen molar-refractivity contribution >= 4 is 0 Å². The molecule has 0 aromatic heterocycles. The molecule has 2 unspecified atom stereocenters. The van der Waals surface area contributed by atoms with E-state index in [1.54, 1.807) is 0 Å². The molecular weight excluding hydrogens is 200 g/mol. The third-order valence-corrected chi connectivity index (χ3v) is 3.99. The van der Waals surface area contributed by atoms with Gasteiger partial charge in [-0.25, -0.2) is 0 Å². The monoisotopic (exact) mass is 226 g/mol. The molecule has 16 heavy (non-hydrogen) atoms. The van der Waals surface area contributed by atoms with Crippen LogP contribution in [0.2, 0.25) is 0 Å². The maximum absolute atomic E-state index is 10.2. The lowest BCUT2D eigenvalue weighted by Crippen LogP contribution is -2.46. The molecule has 0 bridgehead atoms. The van der Waals surface area contributed by atoms with Crippen LogP contribution in [0.3, 0.4) is 0 Å². The van der Waals surface area contributed by atoms with Gasteiger partial charge in [0.05, 0.1) is 5.60 Å². The van der Waals surface area contributed by atoms with Crippen molar-refractivity contribution in [2.24, 2.45) is 0 Å². The van der Waals surface area contributed by atoms with E-state index in [1.807, 2.05) is 6.92 Å². The quantitative estimate of drug-likeness (QED) is 0.718. The molecular formula is C13H26N2O. The minimum absolute atomic E-state index is 0.513. The fraction of sp³-hybridized carbons (Fsp3) is 1.00. The lowest BCUT2D eigenvalue weighted by atomic mass is 10.0. The lowest BCUT2D eigenvalue weighted by Gasteiger charge is -2.32. The van der Waals surface area contributed by atoms with Gasteiger partial charge in [0.15, 0.2) is 0 Å². The molecule has 2 N–H and O–H groups in total. The lowest BCUT2D eigenvalue weighted by molar-refractivity contribution is 0.0116. The Morgan fingerprint density at radius 1 is 1.38 bits per heavy atom. The second-order valence-electron chi connectivity index (χ2n) is 5.80. The first-order valence-corrected chi connectivity index (χ1v) is 6.80. The van der Waals surface area contributed by atoms with E-state index in [1.165, 1.54) is 32.2 Å². The predicted molar refractivity (Wildman–Crippen MR) is 66.5 cm³/mol. The largest absolute Gasteiger partial charge is 0.389 e. The minimum Gasteiger partial charge on any atom is -0.389 e. The highest BCUT2D eigenvalue weighted by molar-refractivity contribution is 4.91. The number of nitrogens with zero attached hydrogens (tertiary/aromatic N) is 1. The Balaban J connectivity index is 1.84. The van der Waals surface area contributed by atoms with Crippen molar-refractivity contribution < 1.29 is 5.11 Å². The Kier molecular flexibility index (Phi) is 3.88. The molecule has 1 heterocycles. The number of rotatable bonds is 6. The molecule has 3 heteroatoms. The maximum Gasteiger partial charge on any atom is 0.0743 e. The van der Waals surface area contributed by atoms with E-state index in [-0.39, 0.29) is 0 Å². The molecule has 0 aromatic carbocycles. The summed E-state index contributed by atoms with van der Waals surface area (Å²) in [4.78, 5) is 2.51. The van der Waals surface area contributed by atoms with Crippen LogP contribution in [0, 0.1) is 0 Å². The predicted octanol–water partition coefficient (Wildman–Crippen LogP) is 1.36. The van der Waals surface area contributed by atoms with Gasteiger partial charge < -0.3 is 10.4 Å². The molecule has 0 amide bonds. The fourth-order valence-corrected chi connectivity index (χ4v) is 2.53. The van der Waals surface area contributed by atoms with Crippen LogP contribution in [0.4, 0.5) is 0 Å². The first kappa shape index (κ1) is 12.3. The number of hydrogen-bond acceptors (Lipinski definition) is 3. The highest BCUT2D eigenvalue weighted by atomic mass is 16.3. The van der Waals surface area contributed by atoms with Gasteiger partial charge in [-0.15, -0.1) is 0 Å². The summed E-state index contributed by atoms with van der Waals surface area (Å²) in [7, 11) is 0. The van der Waals surface area contributed by atoms with Gasteiger partial charge in [-0.1, -0.05) is 6.92 Å². The van der Waals surface area contributed by atoms with Gasteiger partial charge >= 0.3 is 0 Å². The first-order valence-electron chi connectivity index (χ1n) is 6.80. The summed E-state index contributed by atoms with van der Waals surface area (Å²) < 4.78 is 0. The molecule has 0 spiro atoms. The Hall–Kier alpha value is -0.120. The molecule has 2 atom stereocenters. The van der Waals surface area contributed by atoms with Crippen molar-refractivity contribution in [2.75, 3.05) is 19.6 Å². The highest BCUT2D eigenvalue weighted by Crippen LogP contribution is 2.29. The summed E-state index contributed by atoms with van der Waals surface area (Å²) in [6, 6.07) is 1.41. The molecule has 2 fully saturated rings. The Labute approximate surface area is 99.2 Å². The third kappa shape index (κ3) is 3.44. The van der Waals surface area contributed by atoms with E-state index in [0.717, 1.165) is 25.6 Å². The van der Waals surface area contributed by atoms with Crippen molar-refractivity contribution in [3.8, 4) is 0 Å². The van der Waals surface area contributed by atoms with Crippen LogP contribution in [0.5, 0.6) is 0 Å². The molecule has 1 saturated heterocycles. The van der Waals surface area contributed by atoms with Crippen LogP contribution in [0.25, 0.3) is 0 Å². The van der Waals surface area contributed by atoms with Crippen molar-refractivity contribution in [3.63, 3.8) is 0 Å². The zero-order valence-corrected chi connectivity index (χ0v) is 10.7. The molecule has 1 saturated carbocycles. The topological polar surface area (TPSA) is 35.5 Å². The smallest absolute Gasteiger partial charge is 0.0743 e. The highest BCUT2D eigenvalue weighted by Gasteiger charge is 2.34. The second kappa shape index (κ2) is 5.03. The van der Waals surface area contributed by atoms with Gasteiger partial charge in [-0.3, -0.25) is 4.90 Å². The maximum atomic E-state index is 10.2. The molecule has 0 aromatic rings. The van der Waals surface area contributed by atoms with Crippen LogP contribution in [-0.4, -0.2) is 47.3 Å². The molecule has 3 nitrogen and oxygen atoms in total. The van der Waals surface area contributed by atoms with Gasteiger partial charge in [0, 0.05) is 25.2 Å². The average molecular weight is 226 g/mol. The van der Waals surface area contributed by atoms with Crippen LogP contribution in [0.15, 0.2) is 0 Å². The summed E-state index contributed by atoms with van der Waals surface area (Å²) >= 11 is 0. The molecule has 94 valence electrons. The summed E-state index contributed by atoms with van der Waals surface area (Å²) in [5.74, 6) is 0. The molecule has 2 rings (SSSR count). The fourth-order valence-electron chi connectivity index (χ4n) is 2.53. The Bertz CT molecular complexity index is 220. The van der Waals surface area contributed by atoms with E-state index >= 15 is 0 Å². The summed E-state index contributed by atoms with van der Waals surface area (Å²) in [6.07, 6.45) is 6.11. The van der Waals surface area contributed by atoms with E-state index in [0.29, 0.717) is 6.04 Å². The number of nitrogens with one attached hydrogen (secondary N) is 1. The van der Waals surface area contributed by atoms with Crippen molar-refractivity contribution in [2.45, 2.75) is 63.6 Å². The summed E-state index contributed by atoms with van der Waals surface area (Å²) in [5.41, 5.74) is -0.513. The van der Waals surface area contributed by atoms with Crippen molar-refractivity contribution in [1.29, 1.82) is 0 Å². The molecule has 2 aliphatic rings. The Morgan fingerprint density at radius 3 is 2.62 bits per heavy atom. The molecule has 0 radical (unpaired) electrons. The van der Waals surface area contributed by atoms with Gasteiger partial charge in [-0.2, -0.15) is 0 Å².